The Bertz CT molecular complexity index is 958. The third-order valence-corrected chi connectivity index (χ3v) is 4.79. The van der Waals surface area contributed by atoms with Gasteiger partial charge < -0.3 is 9.64 Å². The number of ether oxygens (including phenoxy) is 1. The minimum absolute atomic E-state index is 0.0225. The number of nitrogens with zero attached hydrogens (tertiary/aromatic N) is 4. The number of hydrogen-bond acceptors (Lipinski definition) is 4. The smallest absolute Gasteiger partial charge is 0.258 e. The lowest BCUT2D eigenvalue weighted by molar-refractivity contribution is 0.0724. The van der Waals surface area contributed by atoms with Crippen molar-refractivity contribution < 1.29 is 9.53 Å². The Morgan fingerprint density at radius 2 is 1.96 bits per heavy atom. The fourth-order valence-electron chi connectivity index (χ4n) is 3.51. The molecule has 1 aliphatic rings. The van der Waals surface area contributed by atoms with Gasteiger partial charge in [0.15, 0.2) is 0 Å². The van der Waals surface area contributed by atoms with Gasteiger partial charge in [0.2, 0.25) is 5.65 Å². The Morgan fingerprint density at radius 3 is 2.74 bits per heavy atom. The molecule has 6 nitrogen and oxygen atoms in total. The van der Waals surface area contributed by atoms with E-state index in [-0.39, 0.29) is 12.0 Å². The number of carbonyl (C=O) groups excluding carboxylic acids is 1. The van der Waals surface area contributed by atoms with Crippen molar-refractivity contribution in [2.45, 2.75) is 39.2 Å². The average molecular weight is 364 g/mol. The van der Waals surface area contributed by atoms with Gasteiger partial charge in [-0.3, -0.25) is 9.20 Å². The number of benzene rings is 1. The fourth-order valence-corrected chi connectivity index (χ4v) is 3.51. The molecule has 1 saturated heterocycles. The Morgan fingerprint density at radius 1 is 1.15 bits per heavy atom. The van der Waals surface area contributed by atoms with Crippen LogP contribution in [0.3, 0.4) is 0 Å². The summed E-state index contributed by atoms with van der Waals surface area (Å²) >= 11 is 0. The molecule has 1 aliphatic heterocycles. The zero-order valence-electron chi connectivity index (χ0n) is 15.8. The second-order valence-electron chi connectivity index (χ2n) is 7.17. The van der Waals surface area contributed by atoms with E-state index in [1.165, 1.54) is 6.42 Å². The SMILES string of the molecule is CC(C)Oc1nccn2c(-c3cccc(C(=O)N4CCCCC4)c3)cnc12. The first-order valence-electron chi connectivity index (χ1n) is 9.52. The number of likely N-dealkylation sites (tertiary alicyclic amines) is 1. The number of hydrogen-bond donors (Lipinski definition) is 0. The van der Waals surface area contributed by atoms with Crippen LogP contribution in [-0.2, 0) is 0 Å². The van der Waals surface area contributed by atoms with E-state index < -0.39 is 0 Å². The fraction of sp³-hybridized carbons (Fsp3) is 0.381. The molecule has 0 aliphatic carbocycles. The summed E-state index contributed by atoms with van der Waals surface area (Å²) in [4.78, 5) is 23.6. The Kier molecular flexibility index (Phi) is 4.79. The second-order valence-corrected chi connectivity index (χ2v) is 7.17. The molecule has 2 aromatic heterocycles. The summed E-state index contributed by atoms with van der Waals surface area (Å²) in [5, 5.41) is 0. The van der Waals surface area contributed by atoms with Gasteiger partial charge in [0, 0.05) is 36.6 Å². The van der Waals surface area contributed by atoms with Crippen molar-refractivity contribution in [2.24, 2.45) is 0 Å². The van der Waals surface area contributed by atoms with Gasteiger partial charge in [-0.05, 0) is 45.2 Å². The van der Waals surface area contributed by atoms with Crippen LogP contribution in [0.1, 0.15) is 43.5 Å². The number of amides is 1. The molecule has 3 heterocycles. The maximum atomic E-state index is 12.8. The van der Waals surface area contributed by atoms with E-state index in [1.807, 2.05) is 53.6 Å². The van der Waals surface area contributed by atoms with Crippen molar-refractivity contribution in [3.05, 3.63) is 48.4 Å². The van der Waals surface area contributed by atoms with Crippen molar-refractivity contribution in [2.75, 3.05) is 13.1 Å². The average Bonchev–Trinajstić information content (AvgIpc) is 3.13. The number of fused-ring (bicyclic) bond motifs is 1. The Hall–Kier alpha value is -2.89. The predicted molar refractivity (Wildman–Crippen MR) is 104 cm³/mol. The van der Waals surface area contributed by atoms with Crippen LogP contribution in [0, 0.1) is 0 Å². The van der Waals surface area contributed by atoms with Crippen LogP contribution in [0.2, 0.25) is 0 Å². The molecule has 4 rings (SSSR count). The van der Waals surface area contributed by atoms with Crippen LogP contribution in [0.15, 0.2) is 42.9 Å². The summed E-state index contributed by atoms with van der Waals surface area (Å²) in [5.74, 6) is 0.621. The molecule has 1 aromatic carbocycles. The third-order valence-electron chi connectivity index (χ3n) is 4.79. The molecule has 0 radical (unpaired) electrons. The Labute approximate surface area is 158 Å². The van der Waals surface area contributed by atoms with Crippen LogP contribution in [0.25, 0.3) is 16.9 Å². The molecule has 27 heavy (non-hydrogen) atoms. The van der Waals surface area contributed by atoms with Crippen molar-refractivity contribution in [3.63, 3.8) is 0 Å². The van der Waals surface area contributed by atoms with E-state index in [9.17, 15) is 4.79 Å². The normalized spacial score (nSPS) is 14.7. The molecule has 3 aromatic rings. The first kappa shape index (κ1) is 17.5. The van der Waals surface area contributed by atoms with Crippen LogP contribution in [-0.4, -0.2) is 44.4 Å². The molecular formula is C21H24N4O2. The van der Waals surface area contributed by atoms with Crippen LogP contribution in [0.5, 0.6) is 5.88 Å². The summed E-state index contributed by atoms with van der Waals surface area (Å²) < 4.78 is 7.72. The van der Waals surface area contributed by atoms with E-state index in [0.29, 0.717) is 11.5 Å². The molecule has 0 atom stereocenters. The van der Waals surface area contributed by atoms with Gasteiger partial charge in [-0.15, -0.1) is 0 Å². The zero-order valence-corrected chi connectivity index (χ0v) is 15.8. The largest absolute Gasteiger partial charge is 0.472 e. The van der Waals surface area contributed by atoms with E-state index >= 15 is 0 Å². The highest BCUT2D eigenvalue weighted by Crippen LogP contribution is 2.26. The maximum absolute atomic E-state index is 12.8. The lowest BCUT2D eigenvalue weighted by Crippen LogP contribution is -2.35. The van der Waals surface area contributed by atoms with E-state index in [2.05, 4.69) is 9.97 Å². The van der Waals surface area contributed by atoms with Gasteiger partial charge in [0.25, 0.3) is 11.8 Å². The monoisotopic (exact) mass is 364 g/mol. The number of imidazole rings is 1. The first-order chi connectivity index (χ1) is 13.1. The zero-order chi connectivity index (χ0) is 18.8. The van der Waals surface area contributed by atoms with E-state index in [1.54, 1.807) is 12.4 Å². The first-order valence-corrected chi connectivity index (χ1v) is 9.52. The van der Waals surface area contributed by atoms with Crippen LogP contribution >= 0.6 is 0 Å². The molecule has 0 saturated carbocycles. The van der Waals surface area contributed by atoms with Gasteiger partial charge in [0.1, 0.15) is 0 Å². The molecule has 0 spiro atoms. The molecular weight excluding hydrogens is 340 g/mol. The number of rotatable bonds is 4. The van der Waals surface area contributed by atoms with Crippen molar-refractivity contribution in [1.82, 2.24) is 19.3 Å². The van der Waals surface area contributed by atoms with Gasteiger partial charge in [-0.25, -0.2) is 9.97 Å². The minimum Gasteiger partial charge on any atom is -0.472 e. The lowest BCUT2D eigenvalue weighted by Gasteiger charge is -2.26. The molecule has 6 heteroatoms. The lowest BCUT2D eigenvalue weighted by atomic mass is 10.1. The van der Waals surface area contributed by atoms with Crippen molar-refractivity contribution >= 4 is 11.6 Å². The Balaban J connectivity index is 1.69. The third kappa shape index (κ3) is 3.52. The van der Waals surface area contributed by atoms with Crippen LogP contribution in [0.4, 0.5) is 0 Å². The molecule has 0 unspecified atom stereocenters. The summed E-state index contributed by atoms with van der Waals surface area (Å²) in [5.41, 5.74) is 3.26. The van der Waals surface area contributed by atoms with Gasteiger partial charge in [0.05, 0.1) is 18.0 Å². The van der Waals surface area contributed by atoms with E-state index in [4.69, 9.17) is 4.74 Å². The number of carbonyl (C=O) groups is 1. The predicted octanol–water partition coefficient (Wildman–Crippen LogP) is 3.81. The highest BCUT2D eigenvalue weighted by molar-refractivity contribution is 5.95. The maximum Gasteiger partial charge on any atom is 0.258 e. The molecule has 0 N–H and O–H groups in total. The summed E-state index contributed by atoms with van der Waals surface area (Å²) in [6.45, 7) is 5.62. The highest BCUT2D eigenvalue weighted by atomic mass is 16.5. The van der Waals surface area contributed by atoms with Crippen molar-refractivity contribution in [1.29, 1.82) is 0 Å². The van der Waals surface area contributed by atoms with Crippen molar-refractivity contribution in [3.8, 4) is 17.1 Å². The summed E-state index contributed by atoms with van der Waals surface area (Å²) in [6.07, 6.45) is 8.78. The summed E-state index contributed by atoms with van der Waals surface area (Å²) in [6, 6.07) is 7.76. The topological polar surface area (TPSA) is 59.7 Å². The molecule has 140 valence electrons. The van der Waals surface area contributed by atoms with Crippen LogP contribution < -0.4 is 4.74 Å². The highest BCUT2D eigenvalue weighted by Gasteiger charge is 2.19. The number of piperidine rings is 1. The molecule has 1 amide bonds. The molecule has 0 bridgehead atoms. The van der Waals surface area contributed by atoms with Gasteiger partial charge >= 0.3 is 0 Å². The number of aromatic nitrogens is 3. The van der Waals surface area contributed by atoms with Gasteiger partial charge in [-0.1, -0.05) is 12.1 Å². The standard InChI is InChI=1S/C21H24N4O2/c1-15(2)27-20-19-23-14-18(25(19)12-9-22-20)16-7-6-8-17(13-16)21(26)24-10-4-3-5-11-24/h6-9,12-15H,3-5,10-11H2,1-2H3. The van der Waals surface area contributed by atoms with Gasteiger partial charge in [-0.2, -0.15) is 0 Å². The van der Waals surface area contributed by atoms with E-state index in [0.717, 1.165) is 42.8 Å². The molecule has 1 fully saturated rings. The minimum atomic E-state index is 0.0225. The quantitative estimate of drug-likeness (QED) is 0.706. The summed E-state index contributed by atoms with van der Waals surface area (Å²) in [7, 11) is 0. The second kappa shape index (κ2) is 7.39.